The van der Waals surface area contributed by atoms with Crippen molar-refractivity contribution in [1.82, 2.24) is 15.0 Å². The maximum absolute atomic E-state index is 11.2. The Morgan fingerprint density at radius 2 is 1.90 bits per heavy atom. The van der Waals surface area contributed by atoms with Crippen molar-refractivity contribution in [3.8, 4) is 0 Å². The average molecular weight is 293 g/mol. The lowest BCUT2D eigenvalue weighted by Crippen LogP contribution is -2.34. The molecule has 1 aromatic heterocycles. The first kappa shape index (κ1) is 15.3. The third-order valence-corrected chi connectivity index (χ3v) is 3.37. The number of hydrogen-bond acceptors (Lipinski definition) is 7. The van der Waals surface area contributed by atoms with Crippen molar-refractivity contribution in [1.29, 1.82) is 0 Å². The van der Waals surface area contributed by atoms with Crippen LogP contribution in [0.2, 0.25) is 0 Å². The number of primary amides is 1. The van der Waals surface area contributed by atoms with Crippen molar-refractivity contribution in [3.05, 3.63) is 0 Å². The molecule has 1 amide bonds. The van der Waals surface area contributed by atoms with Gasteiger partial charge in [-0.2, -0.15) is 15.0 Å². The van der Waals surface area contributed by atoms with Crippen LogP contribution in [0.25, 0.3) is 0 Å². The fourth-order valence-electron chi connectivity index (χ4n) is 2.17. The Morgan fingerprint density at radius 3 is 2.52 bits per heavy atom. The van der Waals surface area contributed by atoms with E-state index in [1.807, 2.05) is 6.92 Å². The van der Waals surface area contributed by atoms with Gasteiger partial charge in [0.25, 0.3) is 0 Å². The molecule has 21 heavy (non-hydrogen) atoms. The molecule has 0 aliphatic carbocycles. The van der Waals surface area contributed by atoms with Crippen LogP contribution < -0.4 is 21.3 Å². The molecule has 8 nitrogen and oxygen atoms in total. The molecule has 2 heterocycles. The summed E-state index contributed by atoms with van der Waals surface area (Å²) in [5, 5.41) is 6.00. The minimum atomic E-state index is -0.531. The molecule has 116 valence electrons. The maximum Gasteiger partial charge on any atom is 0.239 e. The Bertz CT molecular complexity index is 487. The summed E-state index contributed by atoms with van der Waals surface area (Å²) >= 11 is 0. The van der Waals surface area contributed by atoms with Gasteiger partial charge in [-0.15, -0.1) is 0 Å². The molecule has 1 atom stereocenters. The number of nitrogens with one attached hydrogen (secondary N) is 2. The number of rotatable bonds is 6. The molecule has 0 bridgehead atoms. The number of piperidine rings is 1. The van der Waals surface area contributed by atoms with Gasteiger partial charge in [-0.25, -0.2) is 0 Å². The third kappa shape index (κ3) is 4.17. The Kier molecular flexibility index (Phi) is 5.13. The first-order valence-electron chi connectivity index (χ1n) is 7.41. The van der Waals surface area contributed by atoms with Gasteiger partial charge in [0.15, 0.2) is 0 Å². The van der Waals surface area contributed by atoms with E-state index < -0.39 is 11.9 Å². The van der Waals surface area contributed by atoms with Gasteiger partial charge in [-0.3, -0.25) is 4.79 Å². The van der Waals surface area contributed by atoms with E-state index in [-0.39, 0.29) is 0 Å². The summed E-state index contributed by atoms with van der Waals surface area (Å²) in [5.41, 5.74) is 5.26. The highest BCUT2D eigenvalue weighted by Crippen LogP contribution is 2.18. The molecule has 1 fully saturated rings. The van der Waals surface area contributed by atoms with E-state index in [0.717, 1.165) is 25.9 Å². The highest BCUT2D eigenvalue weighted by Gasteiger charge is 2.17. The predicted octanol–water partition coefficient (Wildman–Crippen LogP) is 0.579. The topological polar surface area (TPSA) is 109 Å². The second kappa shape index (κ2) is 7.05. The van der Waals surface area contributed by atoms with E-state index in [0.29, 0.717) is 24.4 Å². The zero-order chi connectivity index (χ0) is 15.2. The molecule has 1 aliphatic rings. The molecular formula is C13H23N7O. The smallest absolute Gasteiger partial charge is 0.239 e. The summed E-state index contributed by atoms with van der Waals surface area (Å²) in [6.45, 7) is 6.26. The molecule has 1 unspecified atom stereocenters. The van der Waals surface area contributed by atoms with Gasteiger partial charge < -0.3 is 21.3 Å². The number of aromatic nitrogens is 3. The summed E-state index contributed by atoms with van der Waals surface area (Å²) in [6, 6.07) is -0.531. The first-order valence-corrected chi connectivity index (χ1v) is 7.41. The van der Waals surface area contributed by atoms with Gasteiger partial charge in [0.05, 0.1) is 0 Å². The van der Waals surface area contributed by atoms with E-state index in [1.165, 1.54) is 6.42 Å². The molecule has 0 aromatic carbocycles. The van der Waals surface area contributed by atoms with E-state index >= 15 is 0 Å². The normalized spacial score (nSPS) is 16.4. The van der Waals surface area contributed by atoms with Crippen molar-refractivity contribution >= 4 is 23.8 Å². The average Bonchev–Trinajstić information content (AvgIpc) is 2.48. The number of carbonyl (C=O) groups is 1. The fourth-order valence-corrected chi connectivity index (χ4v) is 2.17. The zero-order valence-corrected chi connectivity index (χ0v) is 12.6. The van der Waals surface area contributed by atoms with Gasteiger partial charge in [0.2, 0.25) is 23.8 Å². The van der Waals surface area contributed by atoms with Crippen LogP contribution in [-0.4, -0.2) is 46.5 Å². The number of amides is 1. The van der Waals surface area contributed by atoms with Crippen molar-refractivity contribution in [2.24, 2.45) is 5.73 Å². The van der Waals surface area contributed by atoms with Gasteiger partial charge >= 0.3 is 0 Å². The van der Waals surface area contributed by atoms with E-state index in [9.17, 15) is 4.79 Å². The maximum atomic E-state index is 11.2. The minimum Gasteiger partial charge on any atom is -0.368 e. The third-order valence-electron chi connectivity index (χ3n) is 3.37. The van der Waals surface area contributed by atoms with E-state index in [4.69, 9.17) is 5.73 Å². The number of carbonyl (C=O) groups excluding carboxylic acids is 1. The van der Waals surface area contributed by atoms with Crippen LogP contribution >= 0.6 is 0 Å². The standard InChI is InChI=1S/C13H23N7O/c1-3-15-11-17-12(16-9(2)10(14)21)19-13(18-11)20-7-5-4-6-8-20/h9H,3-8H2,1-2H3,(H2,14,21)(H2,15,16,17,18,19). The summed E-state index contributed by atoms with van der Waals surface area (Å²) in [6.07, 6.45) is 3.52. The second-order valence-electron chi connectivity index (χ2n) is 5.13. The number of nitrogens with two attached hydrogens (primary N) is 1. The van der Waals surface area contributed by atoms with Gasteiger partial charge in [0, 0.05) is 19.6 Å². The second-order valence-corrected chi connectivity index (χ2v) is 5.13. The SMILES string of the molecule is CCNc1nc(NC(C)C(N)=O)nc(N2CCCCC2)n1. The van der Waals surface area contributed by atoms with Gasteiger partial charge in [0.1, 0.15) is 6.04 Å². The van der Waals surface area contributed by atoms with Crippen LogP contribution in [0.4, 0.5) is 17.8 Å². The number of hydrogen-bond donors (Lipinski definition) is 3. The fraction of sp³-hybridized carbons (Fsp3) is 0.692. The van der Waals surface area contributed by atoms with Crippen LogP contribution in [0.1, 0.15) is 33.1 Å². The molecule has 1 saturated heterocycles. The summed E-state index contributed by atoms with van der Waals surface area (Å²) < 4.78 is 0. The largest absolute Gasteiger partial charge is 0.368 e. The predicted molar refractivity (Wildman–Crippen MR) is 82.3 cm³/mol. The van der Waals surface area contributed by atoms with Crippen LogP contribution in [-0.2, 0) is 4.79 Å². The number of anilines is 3. The number of nitrogens with zero attached hydrogens (tertiary/aromatic N) is 4. The Balaban J connectivity index is 2.22. The van der Waals surface area contributed by atoms with Crippen LogP contribution in [0, 0.1) is 0 Å². The monoisotopic (exact) mass is 293 g/mol. The molecule has 4 N–H and O–H groups in total. The first-order chi connectivity index (χ1) is 10.1. The lowest BCUT2D eigenvalue weighted by Gasteiger charge is -2.27. The molecule has 2 rings (SSSR count). The van der Waals surface area contributed by atoms with Crippen molar-refractivity contribution in [2.45, 2.75) is 39.2 Å². The van der Waals surface area contributed by atoms with Crippen LogP contribution in [0.5, 0.6) is 0 Å². The molecule has 0 saturated carbocycles. The van der Waals surface area contributed by atoms with Crippen molar-refractivity contribution < 1.29 is 4.79 Å². The molecule has 0 spiro atoms. The van der Waals surface area contributed by atoms with Crippen LogP contribution in [0.3, 0.4) is 0 Å². The van der Waals surface area contributed by atoms with Crippen molar-refractivity contribution in [3.63, 3.8) is 0 Å². The summed E-state index contributed by atoms with van der Waals surface area (Å²) in [5.74, 6) is 1.07. The van der Waals surface area contributed by atoms with E-state index in [2.05, 4.69) is 30.5 Å². The lowest BCUT2D eigenvalue weighted by atomic mass is 10.1. The van der Waals surface area contributed by atoms with Gasteiger partial charge in [-0.1, -0.05) is 0 Å². The molecule has 8 heteroatoms. The molecular weight excluding hydrogens is 270 g/mol. The lowest BCUT2D eigenvalue weighted by molar-refractivity contribution is -0.118. The summed E-state index contributed by atoms with van der Waals surface area (Å²) in [7, 11) is 0. The van der Waals surface area contributed by atoms with Gasteiger partial charge in [-0.05, 0) is 33.1 Å². The Labute approximate surface area is 124 Å². The summed E-state index contributed by atoms with van der Waals surface area (Å²) in [4.78, 5) is 26.4. The molecule has 0 radical (unpaired) electrons. The van der Waals surface area contributed by atoms with E-state index in [1.54, 1.807) is 6.92 Å². The minimum absolute atomic E-state index is 0.368. The highest BCUT2D eigenvalue weighted by molar-refractivity contribution is 5.81. The zero-order valence-electron chi connectivity index (χ0n) is 12.6. The van der Waals surface area contributed by atoms with Crippen molar-refractivity contribution in [2.75, 3.05) is 35.2 Å². The van der Waals surface area contributed by atoms with Crippen LogP contribution in [0.15, 0.2) is 0 Å². The Morgan fingerprint density at radius 1 is 1.24 bits per heavy atom. The molecule has 1 aliphatic heterocycles. The molecule has 1 aromatic rings. The quantitative estimate of drug-likeness (QED) is 0.703. The highest BCUT2D eigenvalue weighted by atomic mass is 16.1. The Hall–Kier alpha value is -2.12.